The van der Waals surface area contributed by atoms with Crippen LogP contribution in [0.2, 0.25) is 0 Å². The number of aliphatic imine (C=N–C) groups is 1. The van der Waals surface area contributed by atoms with Crippen LogP contribution in [0.15, 0.2) is 274 Å². The average Bonchev–Trinajstić information content (AvgIpc) is 0.937. The smallest absolute Gasteiger partial charge is 0.315 e. The maximum absolute atomic E-state index is 12.2. The maximum atomic E-state index is 12.2. The van der Waals surface area contributed by atoms with Gasteiger partial charge >= 0.3 is 6.03 Å². The lowest BCUT2D eigenvalue weighted by atomic mass is 10.00. The van der Waals surface area contributed by atoms with Crippen molar-refractivity contribution in [3.8, 4) is 86.4 Å². The molecule has 8 N–H and O–H groups in total. The summed E-state index contributed by atoms with van der Waals surface area (Å²) in [6.07, 6.45) is 11.3. The van der Waals surface area contributed by atoms with Crippen LogP contribution < -0.4 is 42.5 Å². The Kier molecular flexibility index (Phi) is 45.7. The van der Waals surface area contributed by atoms with E-state index in [4.69, 9.17) is 65.9 Å². The number of azide groups is 2. The number of anilines is 2. The molecule has 0 spiro atoms. The number of nitriles is 3. The standard InChI is InChI=1S/C44H52N10O5S2.C36H43N5O4S.C27H19N7S/c45-28-36-40(34-16-14-33(15-17-34)32-8-2-1-3-9-32)51-44(61-29-31-12-18-35(19-13-31)53-54-46)52-42(36)48-21-7-23-58-25-27-59-26-24-57-22-6-20-47-39(55)11-5-4-10-38-41-37(30-60-38)49-43(56)50-41;1-28(42)38-18-8-20-43-22-24-45-25-23-44-21-9-19-39-35-33(26-37)34(40-36(41-35)46-27-29-10-4-2-5-11-29)32-16-14-31(15-17-32)30-12-6-3-7-13-30;1-2-16-30-26-24(17-28)25(22-12-10-21(11-13-22)20-6-4-3-5-7-20)31-27(32-26)35-18-19-8-14-23(15-9-19)33-34-29/h1-3,8-9,12-19,37-38,41H,4-7,10-11,20-27,29-30H2,(H,47,55)(H,48,51,52)(H2,49,50,56);2-7,10-17,35,39H,8-9,18-25,27H2,1H3,(H,38,42)(H,40,41);1,3-15H,16,18H2,(H,30,31,32)/t37-,38-,41-;;/m0../s1. The van der Waals surface area contributed by atoms with Crippen molar-refractivity contribution in [2.45, 2.75) is 109 Å². The molecule has 142 heavy (non-hydrogen) atoms. The summed E-state index contributed by atoms with van der Waals surface area (Å²) in [5.74, 6) is 6.34. The van der Waals surface area contributed by atoms with Gasteiger partial charge in [0, 0.05) is 120 Å². The number of amides is 4. The molecule has 31 nitrogen and oxygen atoms in total. The lowest BCUT2D eigenvalue weighted by molar-refractivity contribution is -0.121. The quantitative estimate of drug-likeness (QED) is 0.00256. The van der Waals surface area contributed by atoms with Gasteiger partial charge in [0.05, 0.1) is 94.1 Å². The molecule has 1 unspecified atom stereocenters. The van der Waals surface area contributed by atoms with Crippen LogP contribution in [0.3, 0.4) is 0 Å². The summed E-state index contributed by atoms with van der Waals surface area (Å²) in [6.45, 7) is 10.2. The van der Waals surface area contributed by atoms with Crippen LogP contribution in [0.1, 0.15) is 91.7 Å². The van der Waals surface area contributed by atoms with Crippen LogP contribution in [-0.2, 0) is 55.3 Å². The fraction of sp³-hybridized carbons (Fsp3) is 0.318. The third-order valence-corrected chi connectivity index (χ3v) is 26.5. The van der Waals surface area contributed by atoms with Gasteiger partial charge in [0.2, 0.25) is 11.8 Å². The van der Waals surface area contributed by atoms with E-state index in [1.54, 1.807) is 36.0 Å². The Morgan fingerprint density at radius 1 is 0.472 bits per heavy atom. The Balaban J connectivity index is 0.000000198. The molecule has 14 rings (SSSR count). The van der Waals surface area contributed by atoms with Crippen LogP contribution in [-0.4, -0.2) is 184 Å². The fourth-order valence-electron chi connectivity index (χ4n) is 15.0. The highest BCUT2D eigenvalue weighted by molar-refractivity contribution is 8.13. The lowest BCUT2D eigenvalue weighted by Crippen LogP contribution is -2.38. The Morgan fingerprint density at radius 3 is 1.35 bits per heavy atom. The van der Waals surface area contributed by atoms with E-state index in [0.29, 0.717) is 196 Å². The lowest BCUT2D eigenvalue weighted by Gasteiger charge is -2.26. The fourth-order valence-corrected chi connectivity index (χ4v) is 19.0. The second-order valence-electron chi connectivity index (χ2n) is 32.4. The van der Waals surface area contributed by atoms with Crippen molar-refractivity contribution >= 4 is 98.8 Å². The van der Waals surface area contributed by atoms with Crippen LogP contribution in [0, 0.1) is 46.3 Å². The number of hydrogen-bond donors (Lipinski definition) is 8. The molecule has 35 heteroatoms. The molecule has 2 aromatic heterocycles. The Morgan fingerprint density at radius 2 is 0.887 bits per heavy atom. The highest BCUT2D eigenvalue weighted by Crippen LogP contribution is 2.38. The molecule has 0 bridgehead atoms. The Hall–Kier alpha value is -14.1. The number of fused-ring (bicyclic) bond motifs is 1. The molecule has 2 fully saturated rings. The molecule has 0 saturated carbocycles. The van der Waals surface area contributed by atoms with Crippen molar-refractivity contribution in [1.82, 2.24) is 51.8 Å². The van der Waals surface area contributed by atoms with Crippen molar-refractivity contribution < 1.29 is 42.8 Å². The number of ether oxygens (including phenoxy) is 6. The first kappa shape index (κ1) is 107. The zero-order valence-electron chi connectivity index (χ0n) is 79.1. The van der Waals surface area contributed by atoms with Crippen molar-refractivity contribution in [2.24, 2.45) is 15.2 Å². The van der Waals surface area contributed by atoms with Gasteiger partial charge in [-0.1, -0.05) is 301 Å². The van der Waals surface area contributed by atoms with Gasteiger partial charge in [0.15, 0.2) is 15.5 Å². The molecule has 4 amide bonds. The van der Waals surface area contributed by atoms with Gasteiger partial charge in [0.25, 0.3) is 0 Å². The predicted molar refractivity (Wildman–Crippen MR) is 564 cm³/mol. The van der Waals surface area contributed by atoms with Crippen molar-refractivity contribution in [3.05, 3.63) is 302 Å². The second kappa shape index (κ2) is 60.8. The second-order valence-corrected chi connectivity index (χ2v) is 36.5. The van der Waals surface area contributed by atoms with Crippen LogP contribution in [0.5, 0.6) is 0 Å². The summed E-state index contributed by atoms with van der Waals surface area (Å²) < 4.78 is 33.8. The number of hydrogen-bond acceptors (Lipinski definition) is 27. The number of benzene rings is 9. The molecule has 5 heterocycles. The van der Waals surface area contributed by atoms with Gasteiger partial charge in [-0.05, 0) is 112 Å². The summed E-state index contributed by atoms with van der Waals surface area (Å²) in [6, 6.07) is 87.0. The number of carbonyl (C=O) groups is 3. The minimum Gasteiger partial charge on any atom is -0.379 e. The number of thioether (sulfide) groups is 4. The first-order chi connectivity index (χ1) is 69.8. The highest BCUT2D eigenvalue weighted by atomic mass is 32.2. The van der Waals surface area contributed by atoms with E-state index in [0.717, 1.165) is 122 Å². The number of nitrogens with one attached hydrogen (secondary N) is 8. The SMILES string of the molecule is C#CCNc1nc(SCc2ccc(N=[N+]=[N-])cc2)nc(-c2ccc(-c3ccccc3)cc2)c1C#N.CC(=O)NCCCOCCOCCOCCCNC1N=C(SCc2ccccc2)NC(c2ccc(-c3ccccc3)cc2)=C1C#N.N#Cc1c(NCCCOCCOCCOCCCNC(=O)CCCC[C@@H]2SC[C@@H]3NC(=O)N[C@@H]32)nc(SCc2ccc(N=[N+]=[N-])cc2)nc1-c1ccc(-c2ccccc2)cc1. The number of nitrogens with zero attached hydrogens (tertiary/aromatic N) is 14. The monoisotopic (exact) mass is 1980 g/mol. The summed E-state index contributed by atoms with van der Waals surface area (Å²) in [5.41, 5.74) is 34.0. The molecule has 4 atom stereocenters. The number of rotatable bonds is 53. The summed E-state index contributed by atoms with van der Waals surface area (Å²) >= 11 is 6.42. The molecular weight excluding hydrogens is 1870 g/mol. The molecule has 9 aromatic carbocycles. The first-order valence-electron chi connectivity index (χ1n) is 47.0. The van der Waals surface area contributed by atoms with Crippen molar-refractivity contribution in [3.63, 3.8) is 0 Å². The van der Waals surface area contributed by atoms with Crippen LogP contribution in [0.25, 0.3) is 82.5 Å². The number of carbonyl (C=O) groups excluding carboxylic acids is 3. The topological polar surface area (TPSA) is 436 Å². The zero-order valence-corrected chi connectivity index (χ0v) is 82.3. The van der Waals surface area contributed by atoms with Gasteiger partial charge in [0.1, 0.15) is 47.1 Å². The van der Waals surface area contributed by atoms with E-state index in [-0.39, 0.29) is 36.5 Å². The van der Waals surface area contributed by atoms with Gasteiger partial charge in [-0.3, -0.25) is 14.9 Å². The molecule has 3 aliphatic rings. The number of amidine groups is 1. The molecule has 0 aliphatic carbocycles. The first-order valence-corrected chi connectivity index (χ1v) is 51.0. The maximum Gasteiger partial charge on any atom is 0.315 e. The third-order valence-electron chi connectivity index (χ3n) is 22.2. The van der Waals surface area contributed by atoms with Crippen LogP contribution in [0.4, 0.5) is 27.8 Å². The minimum atomic E-state index is -0.463. The largest absolute Gasteiger partial charge is 0.379 e. The minimum absolute atomic E-state index is 0.0272. The van der Waals surface area contributed by atoms with Crippen molar-refractivity contribution in [2.75, 3.05) is 128 Å². The number of terminal acetylenes is 1. The van der Waals surface area contributed by atoms with Crippen LogP contribution >= 0.6 is 47.0 Å². The van der Waals surface area contributed by atoms with E-state index in [1.807, 2.05) is 157 Å². The van der Waals surface area contributed by atoms with E-state index in [2.05, 4.69) is 164 Å². The zero-order chi connectivity index (χ0) is 99.2. The third kappa shape index (κ3) is 35.6. The van der Waals surface area contributed by atoms with Gasteiger partial charge < -0.3 is 65.6 Å². The van der Waals surface area contributed by atoms with Gasteiger partial charge in [-0.2, -0.15) is 27.5 Å². The summed E-state index contributed by atoms with van der Waals surface area (Å²) in [7, 11) is 0. The molecule has 0 radical (unpaired) electrons. The average molecular weight is 1980 g/mol. The van der Waals surface area contributed by atoms with E-state index < -0.39 is 6.17 Å². The number of unbranched alkanes of at least 4 members (excludes halogenated alkanes) is 1. The van der Waals surface area contributed by atoms with Gasteiger partial charge in [-0.25, -0.2) is 29.7 Å². The predicted octanol–water partition coefficient (Wildman–Crippen LogP) is 20.3. The van der Waals surface area contributed by atoms with E-state index in [9.17, 15) is 30.2 Å². The number of urea groups is 1. The molecule has 3 aliphatic heterocycles. The Labute approximate surface area is 845 Å². The van der Waals surface area contributed by atoms with E-state index >= 15 is 0 Å². The normalized spacial score (nSPS) is 14.2. The van der Waals surface area contributed by atoms with Crippen molar-refractivity contribution in [1.29, 1.82) is 15.8 Å². The molecule has 11 aromatic rings. The van der Waals surface area contributed by atoms with Gasteiger partial charge in [-0.15, -0.1) is 6.42 Å². The molecular formula is C107H114N22O9S4. The highest BCUT2D eigenvalue weighted by Gasteiger charge is 2.42. The Bertz CT molecular complexity index is 6170. The molecule has 2 saturated heterocycles. The summed E-state index contributed by atoms with van der Waals surface area (Å²) in [5, 5.41) is 64.9. The molecule has 730 valence electrons. The van der Waals surface area contributed by atoms with E-state index in [1.165, 1.54) is 36.0 Å². The summed E-state index contributed by atoms with van der Waals surface area (Å²) in [4.78, 5) is 63.9. The number of aromatic nitrogens is 4.